The molecule has 1 aliphatic heterocycles. The second-order valence-corrected chi connectivity index (χ2v) is 17.5. The Morgan fingerprint density at radius 1 is 0.836 bits per heavy atom. The highest BCUT2D eigenvalue weighted by molar-refractivity contribution is 6.36. The average molecular weight is 898 g/mol. The summed E-state index contributed by atoms with van der Waals surface area (Å²) >= 11 is 11.4. The predicted molar refractivity (Wildman–Crippen MR) is 236 cm³/mol. The number of halogens is 3. The molecule has 1 fully saturated rings. The fraction of sp³-hybridized carbons (Fsp3) is 0.512. The number of carbonyl (C=O) groups excluding carboxylic acids is 5. The van der Waals surface area contributed by atoms with Crippen LogP contribution in [0.2, 0.25) is 10.0 Å². The lowest BCUT2D eigenvalue weighted by atomic mass is 10.1. The molecular formula is C43H63Cl2FN6O9. The van der Waals surface area contributed by atoms with Crippen molar-refractivity contribution in [2.24, 2.45) is 11.5 Å². The number of amides is 5. The molecule has 2 unspecified atom stereocenters. The van der Waals surface area contributed by atoms with Gasteiger partial charge in [0.05, 0.1) is 17.1 Å². The molecule has 2 atom stereocenters. The van der Waals surface area contributed by atoms with Crippen LogP contribution in [-0.2, 0) is 25.4 Å². The van der Waals surface area contributed by atoms with Gasteiger partial charge in [0.1, 0.15) is 28.3 Å². The molecular weight excluding hydrogens is 834 g/mol. The molecule has 18 heteroatoms. The first-order valence-corrected chi connectivity index (χ1v) is 20.5. The van der Waals surface area contributed by atoms with Crippen LogP contribution in [0.1, 0.15) is 113 Å². The normalized spacial score (nSPS) is 16.0. The molecule has 0 bridgehead atoms. The number of aliphatic hydroxyl groups is 1. The molecule has 0 aliphatic carbocycles. The Bertz CT molecular complexity index is 1900. The summed E-state index contributed by atoms with van der Waals surface area (Å²) in [6.45, 7) is 25.0. The van der Waals surface area contributed by atoms with E-state index in [9.17, 15) is 33.5 Å². The fourth-order valence-electron chi connectivity index (χ4n) is 5.43. The van der Waals surface area contributed by atoms with E-state index in [0.29, 0.717) is 40.6 Å². The van der Waals surface area contributed by atoms with E-state index in [0.717, 1.165) is 6.08 Å². The molecule has 0 saturated carbocycles. The van der Waals surface area contributed by atoms with Crippen LogP contribution in [0.25, 0.3) is 0 Å². The third kappa shape index (κ3) is 17.0. The van der Waals surface area contributed by atoms with E-state index in [1.54, 1.807) is 72.1 Å². The lowest BCUT2D eigenvalue weighted by Gasteiger charge is -2.44. The summed E-state index contributed by atoms with van der Waals surface area (Å²) in [6.07, 6.45) is -1.46. The van der Waals surface area contributed by atoms with Crippen LogP contribution in [0.15, 0.2) is 59.8 Å². The van der Waals surface area contributed by atoms with Crippen LogP contribution in [0, 0.1) is 5.82 Å². The van der Waals surface area contributed by atoms with Gasteiger partial charge in [0.2, 0.25) is 0 Å². The number of nitrogens with two attached hydrogens (primary N) is 2. The molecule has 1 saturated heterocycles. The van der Waals surface area contributed by atoms with Gasteiger partial charge in [-0.25, -0.2) is 18.8 Å². The number of aliphatic hydroxyl groups excluding tert-OH is 1. The molecule has 2 aromatic rings. The van der Waals surface area contributed by atoms with E-state index < -0.39 is 64.1 Å². The molecule has 0 radical (unpaired) electrons. The first-order valence-electron chi connectivity index (χ1n) is 19.7. The number of hydrogen-bond acceptors (Lipinski definition) is 11. The fourth-order valence-corrected chi connectivity index (χ4v) is 6.06. The number of benzene rings is 2. The zero-order valence-electron chi connectivity index (χ0n) is 37.7. The number of rotatable bonds is 6. The maximum absolute atomic E-state index is 13.3. The maximum Gasteiger partial charge on any atom is 0.425 e. The van der Waals surface area contributed by atoms with Gasteiger partial charge in [0.15, 0.2) is 11.6 Å². The number of carbonyl (C=O) groups is 5. The highest BCUT2D eigenvalue weighted by Gasteiger charge is 2.38. The monoisotopic (exact) mass is 896 g/mol. The summed E-state index contributed by atoms with van der Waals surface area (Å²) in [4.78, 5) is 68.0. The van der Waals surface area contributed by atoms with Crippen LogP contribution in [-0.4, -0.2) is 91.9 Å². The van der Waals surface area contributed by atoms with Crippen molar-refractivity contribution in [1.82, 2.24) is 14.7 Å². The van der Waals surface area contributed by atoms with E-state index >= 15 is 0 Å². The Morgan fingerprint density at radius 3 is 1.70 bits per heavy atom. The minimum absolute atomic E-state index is 0.139. The third-order valence-corrected chi connectivity index (χ3v) is 8.67. The van der Waals surface area contributed by atoms with Gasteiger partial charge < -0.3 is 41.0 Å². The number of imide groups is 1. The van der Waals surface area contributed by atoms with Crippen LogP contribution in [0.3, 0.4) is 0 Å². The van der Waals surface area contributed by atoms with E-state index in [1.165, 1.54) is 36.4 Å². The summed E-state index contributed by atoms with van der Waals surface area (Å²) in [5.41, 5.74) is 9.93. The quantitative estimate of drug-likeness (QED) is 0.0706. The van der Waals surface area contributed by atoms with Crippen molar-refractivity contribution < 1.29 is 47.7 Å². The number of anilines is 1. The van der Waals surface area contributed by atoms with E-state index in [4.69, 9.17) is 48.9 Å². The second kappa shape index (κ2) is 22.6. The molecule has 1 heterocycles. The number of allylic oxidation sites excluding steroid dienone is 1. The van der Waals surface area contributed by atoms with E-state index in [2.05, 4.69) is 5.32 Å². The van der Waals surface area contributed by atoms with Crippen LogP contribution in [0.4, 0.5) is 24.5 Å². The van der Waals surface area contributed by atoms with Crippen molar-refractivity contribution >= 4 is 59.0 Å². The molecule has 2 aromatic carbocycles. The third-order valence-electron chi connectivity index (χ3n) is 7.90. The number of piperazine rings is 1. The highest BCUT2D eigenvalue weighted by Crippen LogP contribution is 2.27. The standard InChI is InChI=1S/C33H50N6O9.C8H7Cl2F.C2H6/c1-19-17-37(18-20(2)38(19)28(43)46-31(3,4)5)27(42)21-12-14-22(15-13-21)36-26(41)23(34)16-24(40)25(35)39(29(44)47-32(6,7)8)30(45)48-33(9,10)11;1-2-5-6(9)3-4-7(11)8(5)10;1-2/h12-16,19-20,40H,17-18,34-35H2,1-11H3,(H,36,41);3-4H,2H2,1H3;1-2H3/b23-16-,25-24-;;. The van der Waals surface area contributed by atoms with Crippen molar-refractivity contribution in [1.29, 1.82) is 0 Å². The summed E-state index contributed by atoms with van der Waals surface area (Å²) < 4.78 is 28.7. The van der Waals surface area contributed by atoms with Crippen molar-refractivity contribution in [2.75, 3.05) is 18.4 Å². The summed E-state index contributed by atoms with van der Waals surface area (Å²) in [7, 11) is 0. The largest absolute Gasteiger partial charge is 0.504 e. The molecule has 340 valence electrons. The highest BCUT2D eigenvalue weighted by atomic mass is 35.5. The molecule has 3 rings (SSSR count). The van der Waals surface area contributed by atoms with Gasteiger partial charge >= 0.3 is 18.3 Å². The maximum atomic E-state index is 13.3. The second-order valence-electron chi connectivity index (χ2n) is 16.7. The smallest absolute Gasteiger partial charge is 0.425 e. The van der Waals surface area contributed by atoms with Crippen molar-refractivity contribution in [3.05, 3.63) is 86.7 Å². The SMILES string of the molecule is CC.CC1CN(C(=O)c2ccc(NC(=O)/C(N)=C/C(O)=C(\N)N(C(=O)OC(C)(C)C)C(=O)OC(C)(C)C)cc2)CC(C)N1C(=O)OC(C)(C)C.CCc1c(Cl)ccc(F)c1Cl. The molecule has 15 nitrogen and oxygen atoms in total. The van der Waals surface area contributed by atoms with Gasteiger partial charge in [0, 0.05) is 35.4 Å². The Kier molecular flexibility index (Phi) is 19.9. The van der Waals surface area contributed by atoms with E-state index in [-0.39, 0.29) is 28.7 Å². The van der Waals surface area contributed by atoms with Gasteiger partial charge in [-0.05, 0) is 125 Å². The van der Waals surface area contributed by atoms with Crippen LogP contribution >= 0.6 is 23.2 Å². The van der Waals surface area contributed by atoms with Crippen LogP contribution in [0.5, 0.6) is 0 Å². The predicted octanol–water partition coefficient (Wildman–Crippen LogP) is 9.52. The first-order chi connectivity index (χ1) is 28.0. The molecule has 6 N–H and O–H groups in total. The van der Waals surface area contributed by atoms with Crippen molar-refractivity contribution in [2.45, 2.75) is 132 Å². The van der Waals surface area contributed by atoms with Crippen molar-refractivity contribution in [3.8, 4) is 0 Å². The lowest BCUT2D eigenvalue weighted by molar-refractivity contribution is -0.112. The zero-order chi connectivity index (χ0) is 47.4. The van der Waals surface area contributed by atoms with Gasteiger partial charge in [-0.3, -0.25) is 14.5 Å². The number of hydrogen-bond donors (Lipinski definition) is 4. The average Bonchev–Trinajstić information content (AvgIpc) is 3.12. The number of nitrogens with one attached hydrogen (secondary N) is 1. The topological polar surface area (TPSA) is 207 Å². The van der Waals surface area contributed by atoms with Crippen molar-refractivity contribution in [3.63, 3.8) is 0 Å². The minimum atomic E-state index is -1.22. The van der Waals surface area contributed by atoms with Gasteiger partial charge in [0.25, 0.3) is 11.8 Å². The Morgan fingerprint density at radius 2 is 1.30 bits per heavy atom. The van der Waals surface area contributed by atoms with Crippen LogP contribution < -0.4 is 16.8 Å². The Labute approximate surface area is 369 Å². The molecule has 1 aliphatic rings. The first kappa shape index (κ1) is 53.8. The molecule has 5 amide bonds. The summed E-state index contributed by atoms with van der Waals surface area (Å²) in [5, 5.41) is 13.8. The van der Waals surface area contributed by atoms with Gasteiger partial charge in [-0.2, -0.15) is 4.90 Å². The Hall–Kier alpha value is -5.22. The van der Waals surface area contributed by atoms with Gasteiger partial charge in [-0.15, -0.1) is 0 Å². The molecule has 61 heavy (non-hydrogen) atoms. The zero-order valence-corrected chi connectivity index (χ0v) is 39.2. The summed E-state index contributed by atoms with van der Waals surface area (Å²) in [5.74, 6) is -3.17. The van der Waals surface area contributed by atoms with E-state index in [1.807, 2.05) is 34.6 Å². The molecule has 0 aromatic heterocycles. The molecule has 0 spiro atoms. The summed E-state index contributed by atoms with van der Waals surface area (Å²) in [6, 6.07) is 8.29. The Balaban J connectivity index is 0.00000122. The number of ether oxygens (including phenoxy) is 3. The van der Waals surface area contributed by atoms with Gasteiger partial charge in [-0.1, -0.05) is 44.0 Å². The number of nitrogens with zero attached hydrogens (tertiary/aromatic N) is 3. The lowest BCUT2D eigenvalue weighted by Crippen LogP contribution is -2.60. The minimum Gasteiger partial charge on any atom is -0.504 e.